The number of hydrogen-bond donors (Lipinski definition) is 0. The highest BCUT2D eigenvalue weighted by Gasteiger charge is 2.26. The van der Waals surface area contributed by atoms with E-state index in [0.29, 0.717) is 11.6 Å². The second-order valence-corrected chi connectivity index (χ2v) is 10.9. The number of hydrogen-bond acceptors (Lipinski definition) is 7. The van der Waals surface area contributed by atoms with Gasteiger partial charge in [0.2, 0.25) is 0 Å². The Morgan fingerprint density at radius 1 is 1.09 bits per heavy atom. The highest BCUT2D eigenvalue weighted by molar-refractivity contribution is 7.90. The van der Waals surface area contributed by atoms with Crippen molar-refractivity contribution in [3.8, 4) is 17.1 Å². The molecule has 3 aromatic heterocycles. The fourth-order valence-electron chi connectivity index (χ4n) is 4.33. The van der Waals surface area contributed by atoms with Crippen molar-refractivity contribution >= 4 is 9.84 Å². The molecule has 0 bridgehead atoms. The van der Waals surface area contributed by atoms with Gasteiger partial charge < -0.3 is 0 Å². The Balaban J connectivity index is 1.44. The van der Waals surface area contributed by atoms with Crippen LogP contribution in [-0.4, -0.2) is 50.4 Å². The number of sulfone groups is 1. The van der Waals surface area contributed by atoms with Gasteiger partial charge in [0.05, 0.1) is 22.7 Å². The molecule has 8 nitrogen and oxygen atoms in total. The largest absolute Gasteiger partial charge is 0.237 e. The van der Waals surface area contributed by atoms with Crippen molar-refractivity contribution in [2.24, 2.45) is 0 Å². The Bertz CT molecular complexity index is 1490. The van der Waals surface area contributed by atoms with Crippen LogP contribution in [0, 0.1) is 11.6 Å². The maximum absolute atomic E-state index is 14.3. The van der Waals surface area contributed by atoms with Gasteiger partial charge in [-0.25, -0.2) is 31.8 Å². The molecule has 1 aromatic carbocycles. The highest BCUT2D eigenvalue weighted by Crippen LogP contribution is 2.37. The number of aromatic nitrogens is 6. The van der Waals surface area contributed by atoms with Gasteiger partial charge in [-0.3, -0.25) is 0 Å². The molecule has 1 aliphatic carbocycles. The minimum Gasteiger partial charge on any atom is -0.237 e. The molecular weight excluding hydrogens is 474 g/mol. The standard InChI is InChI=1S/C24H22F2N6O2S/c1-35(33,34)11-9-21-28-14-32(31-21)22-13-15(8-10-27-22)17-5-2-4-16-12-20(29-30-24(16)17)23-18(25)6-3-7-19(23)26/h3,6-8,10,12-14,17H,2,4-5,9,11H2,1H3. The van der Waals surface area contributed by atoms with E-state index in [9.17, 15) is 17.2 Å². The molecule has 1 unspecified atom stereocenters. The van der Waals surface area contributed by atoms with Gasteiger partial charge in [-0.2, -0.15) is 10.2 Å². The maximum Gasteiger partial charge on any atom is 0.155 e. The summed E-state index contributed by atoms with van der Waals surface area (Å²) >= 11 is 0. The van der Waals surface area contributed by atoms with Crippen molar-refractivity contribution in [2.75, 3.05) is 12.0 Å². The highest BCUT2D eigenvalue weighted by atomic mass is 32.2. The Hall–Kier alpha value is -3.60. The van der Waals surface area contributed by atoms with E-state index in [-0.39, 0.29) is 29.3 Å². The van der Waals surface area contributed by atoms with Crippen LogP contribution in [0.3, 0.4) is 0 Å². The summed E-state index contributed by atoms with van der Waals surface area (Å²) in [5.41, 5.74) is 2.66. The molecule has 0 spiro atoms. The Labute approximate surface area is 201 Å². The van der Waals surface area contributed by atoms with Crippen LogP contribution in [0.2, 0.25) is 0 Å². The predicted molar refractivity (Wildman–Crippen MR) is 125 cm³/mol. The molecule has 1 atom stereocenters. The molecule has 35 heavy (non-hydrogen) atoms. The first-order chi connectivity index (χ1) is 16.8. The zero-order chi connectivity index (χ0) is 24.6. The molecule has 180 valence electrons. The van der Waals surface area contributed by atoms with Gasteiger partial charge in [0.1, 0.15) is 27.8 Å². The van der Waals surface area contributed by atoms with Gasteiger partial charge in [0.25, 0.3) is 0 Å². The smallest absolute Gasteiger partial charge is 0.155 e. The van der Waals surface area contributed by atoms with Crippen LogP contribution >= 0.6 is 0 Å². The van der Waals surface area contributed by atoms with E-state index in [0.717, 1.165) is 36.1 Å². The maximum atomic E-state index is 14.3. The minimum atomic E-state index is -3.11. The summed E-state index contributed by atoms with van der Waals surface area (Å²) in [4.78, 5) is 8.57. The number of fused-ring (bicyclic) bond motifs is 1. The van der Waals surface area contributed by atoms with Gasteiger partial charge in [0, 0.05) is 24.8 Å². The molecule has 0 saturated heterocycles. The molecule has 0 aliphatic heterocycles. The van der Waals surface area contributed by atoms with Crippen molar-refractivity contribution in [3.05, 3.63) is 83.2 Å². The van der Waals surface area contributed by atoms with Crippen molar-refractivity contribution in [1.82, 2.24) is 29.9 Å². The first-order valence-electron chi connectivity index (χ1n) is 11.1. The third-order valence-electron chi connectivity index (χ3n) is 6.04. The Morgan fingerprint density at radius 3 is 2.66 bits per heavy atom. The summed E-state index contributed by atoms with van der Waals surface area (Å²) in [5, 5.41) is 12.9. The van der Waals surface area contributed by atoms with E-state index in [1.807, 2.05) is 12.1 Å². The summed E-state index contributed by atoms with van der Waals surface area (Å²) < 4.78 is 52.9. The van der Waals surface area contributed by atoms with Crippen LogP contribution in [-0.2, 0) is 22.7 Å². The van der Waals surface area contributed by atoms with Gasteiger partial charge in [-0.15, -0.1) is 5.10 Å². The van der Waals surface area contributed by atoms with E-state index in [4.69, 9.17) is 0 Å². The number of nitrogens with zero attached hydrogens (tertiary/aromatic N) is 6. The van der Waals surface area contributed by atoms with Gasteiger partial charge in [-0.05, 0) is 60.7 Å². The molecule has 0 saturated carbocycles. The minimum absolute atomic E-state index is 0.0270. The van der Waals surface area contributed by atoms with Crippen LogP contribution in [0.1, 0.15) is 41.4 Å². The Morgan fingerprint density at radius 2 is 1.89 bits per heavy atom. The van der Waals surface area contributed by atoms with Gasteiger partial charge in [0.15, 0.2) is 11.6 Å². The average molecular weight is 497 g/mol. The fourth-order valence-corrected chi connectivity index (χ4v) is 4.88. The van der Waals surface area contributed by atoms with Gasteiger partial charge in [-0.1, -0.05) is 6.07 Å². The fraction of sp³-hybridized carbons (Fsp3) is 0.292. The number of pyridine rings is 1. The second-order valence-electron chi connectivity index (χ2n) is 8.61. The number of halogens is 2. The molecule has 5 rings (SSSR count). The van der Waals surface area contributed by atoms with Crippen molar-refractivity contribution < 1.29 is 17.2 Å². The van der Waals surface area contributed by atoms with Crippen molar-refractivity contribution in [3.63, 3.8) is 0 Å². The SMILES string of the molecule is CS(=O)(=O)CCc1ncn(-c2cc(C3CCCc4cc(-c5c(F)cccc5F)nnc43)ccn2)n1. The lowest BCUT2D eigenvalue weighted by Gasteiger charge is -2.24. The van der Waals surface area contributed by atoms with Crippen LogP contribution < -0.4 is 0 Å². The lowest BCUT2D eigenvalue weighted by atomic mass is 9.82. The summed E-state index contributed by atoms with van der Waals surface area (Å²) in [6.07, 6.45) is 7.06. The number of benzene rings is 1. The van der Waals surface area contributed by atoms with E-state index >= 15 is 0 Å². The van der Waals surface area contributed by atoms with E-state index in [1.165, 1.54) is 35.5 Å². The van der Waals surface area contributed by atoms with Crippen LogP contribution in [0.4, 0.5) is 8.78 Å². The molecule has 0 fully saturated rings. The number of aryl methyl sites for hydroxylation is 2. The third kappa shape index (κ3) is 4.95. The molecule has 0 N–H and O–H groups in total. The monoisotopic (exact) mass is 496 g/mol. The number of rotatable bonds is 6. The Kier molecular flexibility index (Phi) is 6.10. The summed E-state index contributed by atoms with van der Waals surface area (Å²) in [7, 11) is -3.11. The van der Waals surface area contributed by atoms with Crippen LogP contribution in [0.25, 0.3) is 17.1 Å². The lowest BCUT2D eigenvalue weighted by Crippen LogP contribution is -2.15. The molecule has 4 aromatic rings. The van der Waals surface area contributed by atoms with E-state index in [2.05, 4.69) is 25.3 Å². The van der Waals surface area contributed by atoms with E-state index in [1.54, 1.807) is 12.3 Å². The molecular formula is C24H22F2N6O2S. The molecule has 0 amide bonds. The zero-order valence-corrected chi connectivity index (χ0v) is 19.7. The van der Waals surface area contributed by atoms with Gasteiger partial charge >= 0.3 is 0 Å². The first kappa shape index (κ1) is 23.2. The lowest BCUT2D eigenvalue weighted by molar-refractivity contribution is 0.579. The average Bonchev–Trinajstić information content (AvgIpc) is 3.31. The zero-order valence-electron chi connectivity index (χ0n) is 18.9. The summed E-state index contributed by atoms with van der Waals surface area (Å²) in [6.45, 7) is 0. The third-order valence-corrected chi connectivity index (χ3v) is 6.98. The van der Waals surface area contributed by atoms with E-state index < -0.39 is 21.5 Å². The first-order valence-corrected chi connectivity index (χ1v) is 13.2. The van der Waals surface area contributed by atoms with Crippen molar-refractivity contribution in [2.45, 2.75) is 31.6 Å². The second kappa shape index (κ2) is 9.21. The normalized spacial score (nSPS) is 15.7. The van der Waals surface area contributed by atoms with Crippen LogP contribution in [0.5, 0.6) is 0 Å². The van der Waals surface area contributed by atoms with Crippen LogP contribution in [0.15, 0.2) is 48.9 Å². The van der Waals surface area contributed by atoms with Crippen molar-refractivity contribution in [1.29, 1.82) is 0 Å². The molecule has 3 heterocycles. The predicted octanol–water partition coefficient (Wildman–Crippen LogP) is 3.45. The molecule has 0 radical (unpaired) electrons. The molecule has 1 aliphatic rings. The summed E-state index contributed by atoms with van der Waals surface area (Å²) in [6, 6.07) is 9.25. The quantitative estimate of drug-likeness (QED) is 0.403. The molecule has 11 heteroatoms. The topological polar surface area (TPSA) is 104 Å². The summed E-state index contributed by atoms with van der Waals surface area (Å²) in [5.74, 6) is -0.458.